The van der Waals surface area contributed by atoms with Crippen molar-refractivity contribution in [3.05, 3.63) is 0 Å². The van der Waals surface area contributed by atoms with Gasteiger partial charge in [-0.05, 0) is 71.6 Å². The number of ether oxygens (including phenoxy) is 1. The topological polar surface area (TPSA) is 67.4 Å². The molecule has 1 aliphatic carbocycles. The molecule has 0 aromatic rings. The third-order valence-corrected chi connectivity index (χ3v) is 4.70. The highest BCUT2D eigenvalue weighted by molar-refractivity contribution is 5.79. The van der Waals surface area contributed by atoms with E-state index >= 15 is 0 Å². The number of carbonyl (C=O) groups excluding carboxylic acids is 2. The normalized spacial score (nSPS) is 21.3. The molecule has 0 heterocycles. The van der Waals surface area contributed by atoms with E-state index in [-0.39, 0.29) is 29.4 Å². The molecule has 2 atom stereocenters. The van der Waals surface area contributed by atoms with Gasteiger partial charge in [0.2, 0.25) is 5.91 Å². The number of unbranched alkanes of at least 4 members (excludes halogenated alkanes) is 1. The first kappa shape index (κ1) is 21.8. The van der Waals surface area contributed by atoms with Crippen LogP contribution >= 0.6 is 0 Å². The van der Waals surface area contributed by atoms with E-state index in [0.717, 1.165) is 38.5 Å². The number of hydrogen-bond donors (Lipinski definition) is 2. The van der Waals surface area contributed by atoms with Crippen LogP contribution in [0.15, 0.2) is 0 Å². The molecule has 146 valence electrons. The summed E-state index contributed by atoms with van der Waals surface area (Å²) in [5.41, 5.74) is -0.173. The monoisotopic (exact) mass is 354 g/mol. The molecule has 0 saturated heterocycles. The van der Waals surface area contributed by atoms with Crippen LogP contribution in [0.1, 0.15) is 86.5 Å². The summed E-state index contributed by atoms with van der Waals surface area (Å²) in [4.78, 5) is 24.0. The highest BCUT2D eigenvalue weighted by atomic mass is 16.6. The number of alkyl carbamates (subject to hydrolysis) is 1. The van der Waals surface area contributed by atoms with E-state index in [2.05, 4.69) is 31.4 Å². The number of nitrogens with one attached hydrogen (secondary N) is 2. The third kappa shape index (κ3) is 9.71. The van der Waals surface area contributed by atoms with Crippen LogP contribution in [0.2, 0.25) is 0 Å². The van der Waals surface area contributed by atoms with Crippen LogP contribution < -0.4 is 10.6 Å². The molecule has 1 aliphatic rings. The smallest absolute Gasteiger partial charge is 0.407 e. The second-order valence-corrected chi connectivity index (χ2v) is 9.29. The summed E-state index contributed by atoms with van der Waals surface area (Å²) in [5, 5.41) is 5.93. The van der Waals surface area contributed by atoms with Crippen molar-refractivity contribution in [1.82, 2.24) is 10.6 Å². The minimum atomic E-state index is -0.462. The van der Waals surface area contributed by atoms with E-state index in [1.807, 2.05) is 20.8 Å². The number of rotatable bonds is 7. The Morgan fingerprint density at radius 2 is 1.92 bits per heavy atom. The zero-order chi connectivity index (χ0) is 19.1. The highest BCUT2D eigenvalue weighted by Crippen LogP contribution is 2.38. The molecule has 0 aliphatic heterocycles. The lowest BCUT2D eigenvalue weighted by Crippen LogP contribution is -2.40. The quantitative estimate of drug-likeness (QED) is 0.666. The van der Waals surface area contributed by atoms with Crippen LogP contribution in [0.3, 0.4) is 0 Å². The van der Waals surface area contributed by atoms with Gasteiger partial charge in [0.25, 0.3) is 0 Å². The molecule has 0 radical (unpaired) electrons. The van der Waals surface area contributed by atoms with Gasteiger partial charge in [0.1, 0.15) is 5.60 Å². The molecule has 1 rings (SSSR count). The average molecular weight is 355 g/mol. The Kier molecular flexibility index (Phi) is 8.23. The molecule has 0 aromatic heterocycles. The molecule has 0 spiro atoms. The minimum absolute atomic E-state index is 0.167. The van der Waals surface area contributed by atoms with Crippen LogP contribution in [-0.2, 0) is 9.53 Å². The molecule has 1 saturated carbocycles. The summed E-state index contributed by atoms with van der Waals surface area (Å²) >= 11 is 0. The van der Waals surface area contributed by atoms with E-state index in [0.29, 0.717) is 6.54 Å². The lowest BCUT2D eigenvalue weighted by Gasteiger charge is -2.34. The second-order valence-electron chi connectivity index (χ2n) is 9.29. The van der Waals surface area contributed by atoms with E-state index in [1.54, 1.807) is 0 Å². The molecular weight excluding hydrogens is 316 g/mol. The predicted octanol–water partition coefficient (Wildman–Crippen LogP) is 4.40. The lowest BCUT2D eigenvalue weighted by atomic mass is 9.72. The summed E-state index contributed by atoms with van der Waals surface area (Å²) in [6, 6.07) is 0.180. The van der Waals surface area contributed by atoms with Crippen molar-refractivity contribution in [1.29, 1.82) is 0 Å². The molecule has 0 bridgehead atoms. The summed E-state index contributed by atoms with van der Waals surface area (Å²) in [5.74, 6) is 0.382. The molecule has 0 aromatic carbocycles. The third-order valence-electron chi connectivity index (χ3n) is 4.70. The van der Waals surface area contributed by atoms with E-state index in [4.69, 9.17) is 4.74 Å². The van der Waals surface area contributed by atoms with Gasteiger partial charge in [-0.3, -0.25) is 4.79 Å². The van der Waals surface area contributed by atoms with Gasteiger partial charge >= 0.3 is 6.09 Å². The number of hydrogen-bond acceptors (Lipinski definition) is 3. The van der Waals surface area contributed by atoms with Crippen LogP contribution in [0.5, 0.6) is 0 Å². The van der Waals surface area contributed by atoms with Gasteiger partial charge in [-0.25, -0.2) is 4.79 Å². The minimum Gasteiger partial charge on any atom is -0.444 e. The van der Waals surface area contributed by atoms with Crippen molar-refractivity contribution in [3.63, 3.8) is 0 Å². The second kappa shape index (κ2) is 9.44. The first-order valence-corrected chi connectivity index (χ1v) is 9.76. The molecule has 2 amide bonds. The molecule has 0 unspecified atom stereocenters. The summed E-state index contributed by atoms with van der Waals surface area (Å²) in [7, 11) is 0. The Hall–Kier alpha value is -1.26. The fourth-order valence-electron chi connectivity index (χ4n) is 3.43. The lowest BCUT2D eigenvalue weighted by molar-refractivity contribution is -0.127. The predicted molar refractivity (Wildman–Crippen MR) is 101 cm³/mol. The van der Waals surface area contributed by atoms with Gasteiger partial charge in [-0.15, -0.1) is 0 Å². The van der Waals surface area contributed by atoms with Crippen LogP contribution in [0, 0.1) is 11.3 Å². The van der Waals surface area contributed by atoms with Crippen molar-refractivity contribution in [3.8, 4) is 0 Å². The first-order valence-electron chi connectivity index (χ1n) is 9.76. The van der Waals surface area contributed by atoms with Gasteiger partial charge in [-0.1, -0.05) is 20.3 Å². The van der Waals surface area contributed by atoms with Crippen LogP contribution in [-0.4, -0.2) is 30.2 Å². The SMILES string of the molecule is C[C@H](CCCCNC(=O)OC(C)(C)C)NC(=O)[C@H]1CCCC(C)(C)C1. The van der Waals surface area contributed by atoms with Crippen molar-refractivity contribution >= 4 is 12.0 Å². The molecular formula is C20H38N2O3. The van der Waals surface area contributed by atoms with Gasteiger partial charge < -0.3 is 15.4 Å². The Morgan fingerprint density at radius 3 is 2.52 bits per heavy atom. The van der Waals surface area contributed by atoms with Gasteiger partial charge in [0.05, 0.1) is 0 Å². The zero-order valence-corrected chi connectivity index (χ0v) is 17.0. The fourth-order valence-corrected chi connectivity index (χ4v) is 3.43. The van der Waals surface area contributed by atoms with E-state index in [9.17, 15) is 9.59 Å². The van der Waals surface area contributed by atoms with Crippen molar-refractivity contribution < 1.29 is 14.3 Å². The Balaban J connectivity index is 2.15. The summed E-state index contributed by atoms with van der Waals surface area (Å²) in [6.07, 6.45) is 6.79. The maximum atomic E-state index is 12.4. The Labute approximate surface area is 153 Å². The van der Waals surface area contributed by atoms with Crippen LogP contribution in [0.25, 0.3) is 0 Å². The highest BCUT2D eigenvalue weighted by Gasteiger charge is 2.32. The van der Waals surface area contributed by atoms with E-state index in [1.165, 1.54) is 6.42 Å². The maximum Gasteiger partial charge on any atom is 0.407 e. The maximum absolute atomic E-state index is 12.4. The fraction of sp³-hybridized carbons (Fsp3) is 0.900. The molecule has 25 heavy (non-hydrogen) atoms. The average Bonchev–Trinajstić information content (AvgIpc) is 2.43. The largest absolute Gasteiger partial charge is 0.444 e. The molecule has 2 N–H and O–H groups in total. The zero-order valence-electron chi connectivity index (χ0n) is 17.0. The summed E-state index contributed by atoms with van der Waals surface area (Å²) < 4.78 is 5.19. The summed E-state index contributed by atoms with van der Waals surface area (Å²) in [6.45, 7) is 12.7. The standard InChI is InChI=1S/C20H38N2O3/c1-15(10-7-8-13-21-18(24)25-19(2,3)4)22-17(23)16-11-9-12-20(5,6)14-16/h15-16H,7-14H2,1-6H3,(H,21,24)(H,22,23)/t15-,16+/m1/s1. The van der Waals surface area contributed by atoms with Crippen LogP contribution in [0.4, 0.5) is 4.79 Å². The number of carbonyl (C=O) groups is 2. The van der Waals surface area contributed by atoms with Gasteiger partial charge in [0, 0.05) is 18.5 Å². The van der Waals surface area contributed by atoms with Crippen molar-refractivity contribution in [2.75, 3.05) is 6.54 Å². The molecule has 5 nitrogen and oxygen atoms in total. The van der Waals surface area contributed by atoms with Crippen molar-refractivity contribution in [2.45, 2.75) is 98.1 Å². The number of amides is 2. The van der Waals surface area contributed by atoms with Gasteiger partial charge in [-0.2, -0.15) is 0 Å². The molecule has 1 fully saturated rings. The van der Waals surface area contributed by atoms with Crippen molar-refractivity contribution in [2.24, 2.45) is 11.3 Å². The first-order chi connectivity index (χ1) is 11.5. The Morgan fingerprint density at radius 1 is 1.24 bits per heavy atom. The van der Waals surface area contributed by atoms with E-state index < -0.39 is 5.60 Å². The molecule has 5 heteroatoms. The van der Waals surface area contributed by atoms with Gasteiger partial charge in [0.15, 0.2) is 0 Å². The Bertz CT molecular complexity index is 441.